The Morgan fingerprint density at radius 3 is 2.15 bits per heavy atom. The summed E-state index contributed by atoms with van der Waals surface area (Å²) in [6, 6.07) is 34.5. The zero-order valence-corrected chi connectivity index (χ0v) is 31.5. The molecule has 52 heavy (non-hydrogen) atoms. The molecule has 1 heterocycles. The van der Waals surface area contributed by atoms with E-state index in [2.05, 4.69) is 18.7 Å². The first kappa shape index (κ1) is 37.1. The van der Waals surface area contributed by atoms with Crippen molar-refractivity contribution in [2.75, 3.05) is 32.8 Å². The third-order valence-corrected chi connectivity index (χ3v) is 11.1. The predicted molar refractivity (Wildman–Crippen MR) is 209 cm³/mol. The van der Waals surface area contributed by atoms with Gasteiger partial charge in [0.1, 0.15) is 36.2 Å². The van der Waals surface area contributed by atoms with Crippen molar-refractivity contribution in [3.8, 4) is 34.1 Å². The summed E-state index contributed by atoms with van der Waals surface area (Å²) in [4.78, 5) is 2.56. The van der Waals surface area contributed by atoms with Gasteiger partial charge in [-0.2, -0.15) is 8.42 Å². The van der Waals surface area contributed by atoms with Gasteiger partial charge in [-0.1, -0.05) is 74.4 Å². The zero-order valence-electron chi connectivity index (χ0n) is 30.6. The summed E-state index contributed by atoms with van der Waals surface area (Å²) >= 11 is 0. The SMILES string of the molecule is C/C(COS(=O)(=O)c1ccc(-c2ccc3cc(OCc4ccccc4)ccc3c2Oc2ccc(OCCN3CCCCC3)cc2)cc1)=C(\C)C(C)C. The first-order valence-corrected chi connectivity index (χ1v) is 19.6. The fourth-order valence-electron chi connectivity index (χ4n) is 6.29. The second-order valence-corrected chi connectivity index (χ2v) is 15.4. The topological polar surface area (TPSA) is 74.3 Å². The number of hydrogen-bond acceptors (Lipinski definition) is 7. The highest BCUT2D eigenvalue weighted by Gasteiger charge is 2.19. The average molecular weight is 720 g/mol. The number of hydrogen-bond donors (Lipinski definition) is 0. The first-order chi connectivity index (χ1) is 25.2. The third kappa shape index (κ3) is 9.62. The van der Waals surface area contributed by atoms with Crippen LogP contribution in [-0.2, 0) is 20.9 Å². The standard InChI is InChI=1S/C44H49NO6S/c1-32(2)34(4)33(3)30-50-52(46,47)41-21-13-36(14-22-41)42-23-15-37-29-40(49-31-35-11-7-5-8-12-35)20-24-43(37)44(42)51-39-18-16-38(17-19-39)48-28-27-45-25-9-6-10-26-45/h5,7-8,11-24,29,32H,6,9-10,25-28,30-31H2,1-4H3/b34-33-. The van der Waals surface area contributed by atoms with Crippen LogP contribution >= 0.6 is 0 Å². The number of rotatable bonds is 15. The lowest BCUT2D eigenvalue weighted by Crippen LogP contribution is -2.33. The van der Waals surface area contributed by atoms with Gasteiger partial charge in [0.25, 0.3) is 10.1 Å². The Balaban J connectivity index is 1.24. The van der Waals surface area contributed by atoms with Crippen molar-refractivity contribution in [2.24, 2.45) is 5.92 Å². The van der Waals surface area contributed by atoms with Crippen molar-refractivity contribution in [3.63, 3.8) is 0 Å². The van der Waals surface area contributed by atoms with E-state index in [1.807, 2.05) is 98.8 Å². The van der Waals surface area contributed by atoms with Crippen LogP contribution in [0.15, 0.2) is 125 Å². The van der Waals surface area contributed by atoms with Gasteiger partial charge in [-0.3, -0.25) is 9.08 Å². The molecule has 5 aromatic rings. The molecule has 6 rings (SSSR count). The number of ether oxygens (including phenoxy) is 3. The number of allylic oxidation sites excluding steroid dienone is 1. The number of likely N-dealkylation sites (tertiary alicyclic amines) is 1. The predicted octanol–water partition coefficient (Wildman–Crippen LogP) is 10.4. The van der Waals surface area contributed by atoms with Crippen LogP contribution in [0.4, 0.5) is 0 Å². The minimum absolute atomic E-state index is 0.0239. The Labute approximate surface area is 308 Å². The van der Waals surface area contributed by atoms with E-state index >= 15 is 0 Å². The average Bonchev–Trinajstić information content (AvgIpc) is 3.17. The number of nitrogens with zero attached hydrogens (tertiary/aromatic N) is 1. The molecule has 0 aromatic heterocycles. The summed E-state index contributed by atoms with van der Waals surface area (Å²) < 4.78 is 50.5. The summed E-state index contributed by atoms with van der Waals surface area (Å²) in [5.41, 5.74) is 4.76. The van der Waals surface area contributed by atoms with Gasteiger partial charge >= 0.3 is 0 Å². The number of fused-ring (bicyclic) bond motifs is 1. The Morgan fingerprint density at radius 1 is 0.750 bits per heavy atom. The van der Waals surface area contributed by atoms with Crippen molar-refractivity contribution in [3.05, 3.63) is 126 Å². The first-order valence-electron chi connectivity index (χ1n) is 18.2. The van der Waals surface area contributed by atoms with Crippen molar-refractivity contribution in [1.29, 1.82) is 0 Å². The maximum atomic E-state index is 13.1. The van der Waals surface area contributed by atoms with E-state index in [1.165, 1.54) is 19.3 Å². The Hall–Kier alpha value is -4.63. The molecule has 0 aliphatic carbocycles. The van der Waals surface area contributed by atoms with Gasteiger partial charge in [0.2, 0.25) is 0 Å². The summed E-state index contributed by atoms with van der Waals surface area (Å²) in [5.74, 6) is 3.19. The van der Waals surface area contributed by atoms with Crippen molar-refractivity contribution in [1.82, 2.24) is 4.90 Å². The molecule has 1 aliphatic rings. The summed E-state index contributed by atoms with van der Waals surface area (Å²) in [5, 5.41) is 1.85. The highest BCUT2D eigenvalue weighted by atomic mass is 32.2. The maximum Gasteiger partial charge on any atom is 0.297 e. The van der Waals surface area contributed by atoms with Crippen molar-refractivity contribution in [2.45, 2.75) is 58.5 Å². The van der Waals surface area contributed by atoms with Gasteiger partial charge in [0.15, 0.2) is 0 Å². The van der Waals surface area contributed by atoms with Crippen LogP contribution in [-0.4, -0.2) is 46.2 Å². The molecule has 7 nitrogen and oxygen atoms in total. The Morgan fingerprint density at radius 2 is 1.44 bits per heavy atom. The molecule has 0 bridgehead atoms. The van der Waals surface area contributed by atoms with Gasteiger partial charge in [0, 0.05) is 17.5 Å². The molecule has 0 atom stereocenters. The van der Waals surface area contributed by atoms with Crippen LogP contribution in [0.2, 0.25) is 0 Å². The fraction of sp³-hybridized carbons (Fsp3) is 0.318. The third-order valence-electron chi connectivity index (χ3n) is 9.78. The van der Waals surface area contributed by atoms with E-state index in [-0.39, 0.29) is 11.5 Å². The molecule has 1 saturated heterocycles. The van der Waals surface area contributed by atoms with E-state index < -0.39 is 10.1 Å². The maximum absolute atomic E-state index is 13.1. The van der Waals surface area contributed by atoms with Crippen molar-refractivity contribution >= 4 is 20.9 Å². The summed E-state index contributed by atoms with van der Waals surface area (Å²) in [6.07, 6.45) is 3.84. The molecule has 272 valence electrons. The second-order valence-electron chi connectivity index (χ2n) is 13.8. The smallest absolute Gasteiger partial charge is 0.297 e. The minimum Gasteiger partial charge on any atom is -0.492 e. The summed E-state index contributed by atoms with van der Waals surface area (Å²) in [6.45, 7) is 12.4. The van der Waals surface area contributed by atoms with Crippen LogP contribution in [0, 0.1) is 5.92 Å². The molecule has 0 unspecified atom stereocenters. The van der Waals surface area contributed by atoms with Gasteiger partial charge in [-0.25, -0.2) is 0 Å². The lowest BCUT2D eigenvalue weighted by atomic mass is 9.99. The van der Waals surface area contributed by atoms with Crippen LogP contribution in [0.1, 0.15) is 52.5 Å². The van der Waals surface area contributed by atoms with E-state index in [1.54, 1.807) is 24.3 Å². The molecular formula is C44H49NO6S. The van der Waals surface area contributed by atoms with Crippen molar-refractivity contribution < 1.29 is 26.8 Å². The molecular weight excluding hydrogens is 671 g/mol. The molecule has 1 aliphatic heterocycles. The van der Waals surface area contributed by atoms with E-state index in [9.17, 15) is 8.42 Å². The molecule has 1 fully saturated rings. The Bertz CT molecular complexity index is 2070. The number of benzene rings is 5. The largest absolute Gasteiger partial charge is 0.492 e. The molecule has 0 saturated carbocycles. The monoisotopic (exact) mass is 719 g/mol. The highest BCUT2D eigenvalue weighted by Crippen LogP contribution is 2.41. The highest BCUT2D eigenvalue weighted by molar-refractivity contribution is 7.86. The van der Waals surface area contributed by atoms with Gasteiger partial charge in [0.05, 0.1) is 11.5 Å². The van der Waals surface area contributed by atoms with Crippen LogP contribution in [0.25, 0.3) is 21.9 Å². The lowest BCUT2D eigenvalue weighted by Gasteiger charge is -2.26. The lowest BCUT2D eigenvalue weighted by molar-refractivity contribution is 0.183. The molecule has 5 aromatic carbocycles. The molecule has 0 N–H and O–H groups in total. The quantitative estimate of drug-likeness (QED) is 0.0788. The van der Waals surface area contributed by atoms with Gasteiger partial charge in [-0.15, -0.1) is 0 Å². The molecule has 0 radical (unpaired) electrons. The molecule has 0 amide bonds. The van der Waals surface area contributed by atoms with Crippen LogP contribution in [0.3, 0.4) is 0 Å². The van der Waals surface area contributed by atoms with E-state index in [0.29, 0.717) is 30.6 Å². The summed E-state index contributed by atoms with van der Waals surface area (Å²) in [7, 11) is -3.95. The molecule has 8 heteroatoms. The Kier molecular flexibility index (Phi) is 12.3. The molecule has 0 spiro atoms. The zero-order chi connectivity index (χ0) is 36.5. The van der Waals surface area contributed by atoms with E-state index in [4.69, 9.17) is 18.4 Å². The normalized spacial score (nSPS) is 14.3. The van der Waals surface area contributed by atoms with Crippen LogP contribution < -0.4 is 14.2 Å². The fourth-order valence-corrected chi connectivity index (χ4v) is 7.22. The van der Waals surface area contributed by atoms with Gasteiger partial charge in [-0.05, 0) is 128 Å². The number of piperidine rings is 1. The van der Waals surface area contributed by atoms with Gasteiger partial charge < -0.3 is 14.2 Å². The van der Waals surface area contributed by atoms with Crippen LogP contribution in [0.5, 0.6) is 23.0 Å². The minimum atomic E-state index is -3.95. The van der Waals surface area contributed by atoms with E-state index in [0.717, 1.165) is 69.7 Å². The second kappa shape index (κ2) is 17.3.